The van der Waals surface area contributed by atoms with Gasteiger partial charge in [0, 0.05) is 17.3 Å². The third kappa shape index (κ3) is 3.63. The van der Waals surface area contributed by atoms with Crippen LogP contribution in [-0.4, -0.2) is 14.5 Å². The first kappa shape index (κ1) is 18.5. The number of rotatable bonds is 6. The number of nitriles is 1. The highest BCUT2D eigenvalue weighted by Gasteiger charge is 2.13. The number of fused-ring (bicyclic) bond motifs is 1. The summed E-state index contributed by atoms with van der Waals surface area (Å²) in [5.41, 5.74) is 2.54. The molecule has 0 amide bonds. The smallest absolute Gasteiger partial charge is 0.275 e. The molecule has 0 aliphatic heterocycles. The van der Waals surface area contributed by atoms with Crippen molar-refractivity contribution in [3.05, 3.63) is 69.3 Å². The van der Waals surface area contributed by atoms with Crippen LogP contribution in [0.1, 0.15) is 42.5 Å². The molecule has 0 radical (unpaired) electrons. The van der Waals surface area contributed by atoms with Crippen molar-refractivity contribution in [3.8, 4) is 17.6 Å². The summed E-state index contributed by atoms with van der Waals surface area (Å²) in [5.74, 6) is 0.942. The van der Waals surface area contributed by atoms with E-state index in [9.17, 15) is 9.90 Å². The number of hydrogen-bond donors (Lipinski definition) is 1. The average Bonchev–Trinajstić information content (AvgIpc) is 2.69. The van der Waals surface area contributed by atoms with E-state index < -0.39 is 5.56 Å². The van der Waals surface area contributed by atoms with Gasteiger partial charge in [0.1, 0.15) is 35.4 Å². The van der Waals surface area contributed by atoms with E-state index in [2.05, 4.69) is 11.9 Å². The van der Waals surface area contributed by atoms with Crippen LogP contribution in [0.15, 0.2) is 41.5 Å². The van der Waals surface area contributed by atoms with Crippen molar-refractivity contribution in [2.75, 3.05) is 0 Å². The van der Waals surface area contributed by atoms with Crippen LogP contribution in [0.2, 0.25) is 0 Å². The molecular weight excluding hydrogens is 342 g/mol. The number of aryl methyl sites for hydroxylation is 1. The van der Waals surface area contributed by atoms with E-state index in [0.717, 1.165) is 36.0 Å². The van der Waals surface area contributed by atoms with Gasteiger partial charge in [-0.2, -0.15) is 5.26 Å². The maximum Gasteiger partial charge on any atom is 0.275 e. The number of ether oxygens (including phenoxy) is 1. The number of aromatic nitrogens is 2. The molecule has 0 unspecified atom stereocenters. The average molecular weight is 363 g/mol. The molecule has 138 valence electrons. The van der Waals surface area contributed by atoms with E-state index in [4.69, 9.17) is 10.00 Å². The standard InChI is InChI=1S/C21H21N3O3/c1-3-5-17-18(8-7-15(4-2)20(17)25)27-13-14-6-9-19-23-11-16(10-22)21(26)24(19)12-14/h6-9,11-12,25H,3-5,13H2,1-2H3. The van der Waals surface area contributed by atoms with Crippen molar-refractivity contribution in [1.29, 1.82) is 5.26 Å². The van der Waals surface area contributed by atoms with Crippen molar-refractivity contribution >= 4 is 5.65 Å². The molecule has 0 saturated carbocycles. The van der Waals surface area contributed by atoms with E-state index in [-0.39, 0.29) is 12.2 Å². The first-order chi connectivity index (χ1) is 13.1. The third-order valence-electron chi connectivity index (χ3n) is 4.48. The highest BCUT2D eigenvalue weighted by Crippen LogP contribution is 2.33. The van der Waals surface area contributed by atoms with Crippen LogP contribution >= 0.6 is 0 Å². The van der Waals surface area contributed by atoms with Crippen LogP contribution in [0.25, 0.3) is 5.65 Å². The number of hydrogen-bond acceptors (Lipinski definition) is 5. The Bertz CT molecular complexity index is 1080. The molecule has 0 aliphatic carbocycles. The number of aromatic hydroxyl groups is 1. The first-order valence-corrected chi connectivity index (χ1v) is 8.95. The van der Waals surface area contributed by atoms with Gasteiger partial charge in [-0.15, -0.1) is 0 Å². The minimum atomic E-state index is -0.402. The summed E-state index contributed by atoms with van der Waals surface area (Å²) in [7, 11) is 0. The van der Waals surface area contributed by atoms with Crippen LogP contribution in [-0.2, 0) is 19.4 Å². The second-order valence-corrected chi connectivity index (χ2v) is 6.30. The minimum Gasteiger partial charge on any atom is -0.507 e. The van der Waals surface area contributed by atoms with E-state index in [0.29, 0.717) is 17.1 Å². The second kappa shape index (κ2) is 7.92. The van der Waals surface area contributed by atoms with Gasteiger partial charge in [0.2, 0.25) is 0 Å². The van der Waals surface area contributed by atoms with E-state index in [1.165, 1.54) is 10.6 Å². The van der Waals surface area contributed by atoms with Gasteiger partial charge in [-0.25, -0.2) is 4.98 Å². The molecule has 27 heavy (non-hydrogen) atoms. The highest BCUT2D eigenvalue weighted by atomic mass is 16.5. The quantitative estimate of drug-likeness (QED) is 0.725. The third-order valence-corrected chi connectivity index (χ3v) is 4.48. The molecule has 0 saturated heterocycles. The topological polar surface area (TPSA) is 87.6 Å². The number of phenolic OH excluding ortho intramolecular Hbond substituents is 1. The number of phenols is 1. The molecule has 3 aromatic rings. The molecule has 2 aromatic heterocycles. The number of benzene rings is 1. The zero-order chi connectivity index (χ0) is 19.4. The van der Waals surface area contributed by atoms with Crippen molar-refractivity contribution in [3.63, 3.8) is 0 Å². The molecular formula is C21H21N3O3. The summed E-state index contributed by atoms with van der Waals surface area (Å²) in [5, 5.41) is 19.5. The van der Waals surface area contributed by atoms with Crippen LogP contribution in [0.5, 0.6) is 11.5 Å². The van der Waals surface area contributed by atoms with E-state index in [1.54, 1.807) is 12.3 Å². The zero-order valence-corrected chi connectivity index (χ0v) is 15.4. The monoisotopic (exact) mass is 363 g/mol. The maximum absolute atomic E-state index is 12.3. The lowest BCUT2D eigenvalue weighted by molar-refractivity contribution is 0.299. The lowest BCUT2D eigenvalue weighted by Gasteiger charge is -2.15. The van der Waals surface area contributed by atoms with Gasteiger partial charge in [-0.05, 0) is 30.5 Å². The van der Waals surface area contributed by atoms with Crippen LogP contribution < -0.4 is 10.3 Å². The van der Waals surface area contributed by atoms with Gasteiger partial charge in [0.25, 0.3) is 5.56 Å². The summed E-state index contributed by atoms with van der Waals surface area (Å²) in [6.45, 7) is 4.29. The Balaban J connectivity index is 1.91. The molecule has 6 nitrogen and oxygen atoms in total. The summed E-state index contributed by atoms with van der Waals surface area (Å²) >= 11 is 0. The van der Waals surface area contributed by atoms with Gasteiger partial charge in [-0.3, -0.25) is 9.20 Å². The van der Waals surface area contributed by atoms with Gasteiger partial charge in [0.15, 0.2) is 0 Å². The zero-order valence-electron chi connectivity index (χ0n) is 15.4. The van der Waals surface area contributed by atoms with Crippen molar-refractivity contribution in [2.45, 2.75) is 39.7 Å². The predicted molar refractivity (Wildman–Crippen MR) is 102 cm³/mol. The lowest BCUT2D eigenvalue weighted by atomic mass is 10.0. The van der Waals surface area contributed by atoms with E-state index >= 15 is 0 Å². The number of pyridine rings is 1. The number of nitrogens with zero attached hydrogens (tertiary/aromatic N) is 3. The Morgan fingerprint density at radius 3 is 2.78 bits per heavy atom. The fourth-order valence-electron chi connectivity index (χ4n) is 3.02. The van der Waals surface area contributed by atoms with Crippen molar-refractivity contribution in [1.82, 2.24) is 9.38 Å². The van der Waals surface area contributed by atoms with Crippen LogP contribution in [0.4, 0.5) is 0 Å². The van der Waals surface area contributed by atoms with Gasteiger partial charge >= 0.3 is 0 Å². The van der Waals surface area contributed by atoms with E-state index in [1.807, 2.05) is 31.2 Å². The first-order valence-electron chi connectivity index (χ1n) is 8.95. The van der Waals surface area contributed by atoms with Crippen LogP contribution in [0, 0.1) is 11.3 Å². The maximum atomic E-state index is 12.3. The molecule has 0 fully saturated rings. The minimum absolute atomic E-state index is 0.00382. The molecule has 3 rings (SSSR count). The summed E-state index contributed by atoms with van der Waals surface area (Å²) < 4.78 is 7.29. The van der Waals surface area contributed by atoms with Gasteiger partial charge in [0.05, 0.1) is 6.20 Å². The van der Waals surface area contributed by atoms with Gasteiger partial charge in [-0.1, -0.05) is 32.4 Å². The Labute approximate surface area is 157 Å². The molecule has 0 aliphatic rings. The molecule has 1 N–H and O–H groups in total. The van der Waals surface area contributed by atoms with Gasteiger partial charge < -0.3 is 9.84 Å². The molecule has 0 atom stereocenters. The molecule has 0 bridgehead atoms. The Morgan fingerprint density at radius 2 is 2.07 bits per heavy atom. The predicted octanol–water partition coefficient (Wildman–Crippen LogP) is 3.37. The molecule has 6 heteroatoms. The highest BCUT2D eigenvalue weighted by molar-refractivity contribution is 5.49. The normalized spacial score (nSPS) is 10.7. The van der Waals surface area contributed by atoms with Crippen LogP contribution in [0.3, 0.4) is 0 Å². The SMILES string of the molecule is CCCc1c(OCc2ccc3ncc(C#N)c(=O)n3c2)ccc(CC)c1O. The fourth-order valence-corrected chi connectivity index (χ4v) is 3.02. The Kier molecular flexibility index (Phi) is 5.41. The van der Waals surface area contributed by atoms with Crippen molar-refractivity contribution < 1.29 is 9.84 Å². The second-order valence-electron chi connectivity index (χ2n) is 6.30. The fraction of sp³-hybridized carbons (Fsp3) is 0.286. The Hall–Kier alpha value is -3.33. The summed E-state index contributed by atoms with van der Waals surface area (Å²) in [4.78, 5) is 16.4. The Morgan fingerprint density at radius 1 is 1.26 bits per heavy atom. The lowest BCUT2D eigenvalue weighted by Crippen LogP contribution is -2.18. The summed E-state index contributed by atoms with van der Waals surface area (Å²) in [6.07, 6.45) is 5.28. The molecule has 1 aromatic carbocycles. The van der Waals surface area contributed by atoms with Crippen molar-refractivity contribution in [2.24, 2.45) is 0 Å². The summed E-state index contributed by atoms with van der Waals surface area (Å²) in [6, 6.07) is 9.14. The largest absolute Gasteiger partial charge is 0.507 e. The molecule has 2 heterocycles. The molecule has 0 spiro atoms.